The summed E-state index contributed by atoms with van der Waals surface area (Å²) < 4.78 is 15.6. The van der Waals surface area contributed by atoms with Gasteiger partial charge in [0.1, 0.15) is 0 Å². The van der Waals surface area contributed by atoms with Crippen LogP contribution in [0.5, 0.6) is 0 Å². The van der Waals surface area contributed by atoms with Gasteiger partial charge in [0, 0.05) is 26.6 Å². The number of rotatable bonds is 14. The van der Waals surface area contributed by atoms with E-state index >= 15 is 0 Å². The molecule has 0 unspecified atom stereocenters. The SMILES string of the molecule is C.C.CN=P(C)(OCCCCCC(=O)O)OCCCCCC(=O)O. The third-order valence-electron chi connectivity index (χ3n) is 3.09. The van der Waals surface area contributed by atoms with E-state index in [-0.39, 0.29) is 27.7 Å². The van der Waals surface area contributed by atoms with Gasteiger partial charge in [-0.25, -0.2) is 0 Å². The largest absolute Gasteiger partial charge is 0.481 e. The summed E-state index contributed by atoms with van der Waals surface area (Å²) in [6.45, 7) is 2.88. The highest BCUT2D eigenvalue weighted by Crippen LogP contribution is 2.47. The van der Waals surface area contributed by atoms with Crippen LogP contribution in [0.1, 0.15) is 66.2 Å². The molecule has 0 bridgehead atoms. The molecule has 0 spiro atoms. The van der Waals surface area contributed by atoms with Crippen LogP contribution >= 0.6 is 7.51 Å². The average molecular weight is 369 g/mol. The van der Waals surface area contributed by atoms with E-state index in [2.05, 4.69) is 4.74 Å². The maximum atomic E-state index is 10.4. The first-order valence-electron chi connectivity index (χ1n) is 7.60. The molecule has 24 heavy (non-hydrogen) atoms. The molecule has 0 atom stereocenters. The number of aliphatic carboxylic acids is 2. The van der Waals surface area contributed by atoms with E-state index in [1.54, 1.807) is 7.05 Å². The van der Waals surface area contributed by atoms with Gasteiger partial charge in [-0.15, -0.1) is 0 Å². The van der Waals surface area contributed by atoms with Crippen LogP contribution < -0.4 is 0 Å². The average Bonchev–Trinajstić information content (AvgIpc) is 2.46. The van der Waals surface area contributed by atoms with Gasteiger partial charge in [-0.3, -0.25) is 14.3 Å². The summed E-state index contributed by atoms with van der Waals surface area (Å²) in [6.07, 6.45) is 4.90. The summed E-state index contributed by atoms with van der Waals surface area (Å²) in [5, 5.41) is 17.1. The molecule has 0 aliphatic carbocycles. The van der Waals surface area contributed by atoms with E-state index in [4.69, 9.17) is 19.3 Å². The van der Waals surface area contributed by atoms with Gasteiger partial charge in [-0.1, -0.05) is 27.7 Å². The summed E-state index contributed by atoms with van der Waals surface area (Å²) in [4.78, 5) is 20.7. The van der Waals surface area contributed by atoms with Crippen molar-refractivity contribution in [1.82, 2.24) is 0 Å². The number of carboxylic acids is 2. The molecule has 0 amide bonds. The molecule has 0 saturated carbocycles. The first kappa shape index (κ1) is 27.9. The van der Waals surface area contributed by atoms with E-state index in [1.807, 2.05) is 6.66 Å². The fourth-order valence-electron chi connectivity index (χ4n) is 1.73. The monoisotopic (exact) mass is 369 g/mol. The van der Waals surface area contributed by atoms with Crippen molar-refractivity contribution in [3.63, 3.8) is 0 Å². The van der Waals surface area contributed by atoms with Crippen LogP contribution in [0.15, 0.2) is 4.74 Å². The van der Waals surface area contributed by atoms with Crippen LogP contribution in [0, 0.1) is 0 Å². The van der Waals surface area contributed by atoms with E-state index in [9.17, 15) is 9.59 Å². The van der Waals surface area contributed by atoms with Crippen molar-refractivity contribution in [3.8, 4) is 0 Å². The number of hydrogen-bond acceptors (Lipinski definition) is 5. The quantitative estimate of drug-likeness (QED) is 0.334. The normalized spacial score (nSPS) is 10.4. The molecule has 0 aromatic heterocycles. The zero-order chi connectivity index (χ0) is 16.8. The van der Waals surface area contributed by atoms with Gasteiger partial charge in [0.2, 0.25) is 7.51 Å². The Morgan fingerprint density at radius 2 is 1.21 bits per heavy atom. The number of nitrogens with zero attached hydrogens (tertiary/aromatic N) is 1. The second kappa shape index (κ2) is 16.9. The molecular formula is C16H36NO6P. The van der Waals surface area contributed by atoms with Crippen LogP contribution in [0.3, 0.4) is 0 Å². The van der Waals surface area contributed by atoms with Gasteiger partial charge in [0.05, 0.1) is 13.2 Å². The lowest BCUT2D eigenvalue weighted by Gasteiger charge is -2.19. The smallest absolute Gasteiger partial charge is 0.303 e. The molecule has 0 radical (unpaired) electrons. The Morgan fingerprint density at radius 1 is 0.833 bits per heavy atom. The topological polar surface area (TPSA) is 105 Å². The fraction of sp³-hybridized carbons (Fsp3) is 0.875. The maximum Gasteiger partial charge on any atom is 0.303 e. The molecule has 7 nitrogen and oxygen atoms in total. The Labute approximate surface area is 147 Å². The first-order valence-corrected chi connectivity index (χ1v) is 9.62. The zero-order valence-electron chi connectivity index (χ0n) is 13.5. The maximum absolute atomic E-state index is 10.4. The van der Waals surface area contributed by atoms with Crippen LogP contribution in [-0.2, 0) is 18.6 Å². The Kier molecular flexibility index (Phi) is 19.7. The highest BCUT2D eigenvalue weighted by atomic mass is 31.2. The van der Waals surface area contributed by atoms with Crippen molar-refractivity contribution in [2.45, 2.75) is 66.2 Å². The van der Waals surface area contributed by atoms with Gasteiger partial charge >= 0.3 is 11.9 Å². The van der Waals surface area contributed by atoms with E-state index in [0.717, 1.165) is 25.7 Å². The number of carboxylic acid groups (broad SMARTS) is 2. The molecule has 0 aromatic rings. The standard InChI is InChI=1S/C14H28NO6P.2CH4/c1-15-22(2,20-11-7-3-5-9-13(16)17)21-12-8-4-6-10-14(18)19;;/h3-12H2,1-2H3,(H,16,17)(H,18,19);2*1H4. The minimum atomic E-state index is -2.19. The predicted octanol–water partition coefficient (Wildman–Crippen LogP) is 4.87. The lowest BCUT2D eigenvalue weighted by Crippen LogP contribution is -2.00. The zero-order valence-corrected chi connectivity index (χ0v) is 14.4. The molecule has 0 saturated heterocycles. The lowest BCUT2D eigenvalue weighted by atomic mass is 10.2. The number of hydrogen-bond donors (Lipinski definition) is 2. The second-order valence-corrected chi connectivity index (χ2v) is 7.60. The van der Waals surface area contributed by atoms with Crippen molar-refractivity contribution in [2.75, 3.05) is 26.9 Å². The van der Waals surface area contributed by atoms with Crippen molar-refractivity contribution in [2.24, 2.45) is 4.74 Å². The molecule has 0 aliphatic rings. The van der Waals surface area contributed by atoms with E-state index in [0.29, 0.717) is 26.1 Å². The molecule has 2 N–H and O–H groups in total. The highest BCUT2D eigenvalue weighted by molar-refractivity contribution is 7.55. The van der Waals surface area contributed by atoms with Crippen LogP contribution in [0.25, 0.3) is 0 Å². The molecule has 0 heterocycles. The van der Waals surface area contributed by atoms with Crippen molar-refractivity contribution in [1.29, 1.82) is 0 Å². The van der Waals surface area contributed by atoms with Crippen molar-refractivity contribution in [3.05, 3.63) is 0 Å². The molecule has 0 aromatic carbocycles. The molecule has 146 valence electrons. The van der Waals surface area contributed by atoms with Gasteiger partial charge < -0.3 is 19.3 Å². The lowest BCUT2D eigenvalue weighted by molar-refractivity contribution is -0.138. The Balaban J connectivity index is -0.00000220. The van der Waals surface area contributed by atoms with Crippen LogP contribution in [0.4, 0.5) is 0 Å². The predicted molar refractivity (Wildman–Crippen MR) is 98.8 cm³/mol. The minimum Gasteiger partial charge on any atom is -0.481 e. The molecule has 8 heteroatoms. The molecule has 0 rings (SSSR count). The Hall–Kier alpha value is -0.910. The van der Waals surface area contributed by atoms with E-state index < -0.39 is 19.4 Å². The summed E-state index contributed by atoms with van der Waals surface area (Å²) in [5.74, 6) is -1.54. The van der Waals surface area contributed by atoms with E-state index in [1.165, 1.54) is 0 Å². The van der Waals surface area contributed by atoms with Crippen LogP contribution in [-0.4, -0.2) is 49.1 Å². The van der Waals surface area contributed by atoms with Crippen molar-refractivity contribution >= 4 is 19.4 Å². The summed E-state index contributed by atoms with van der Waals surface area (Å²) in [6, 6.07) is 0. The Bertz CT molecular complexity index is 357. The fourth-order valence-corrected chi connectivity index (χ4v) is 2.97. The van der Waals surface area contributed by atoms with Crippen molar-refractivity contribution < 1.29 is 28.8 Å². The highest BCUT2D eigenvalue weighted by Gasteiger charge is 2.13. The summed E-state index contributed by atoms with van der Waals surface area (Å²) in [7, 11) is -0.524. The summed E-state index contributed by atoms with van der Waals surface area (Å²) in [5.41, 5.74) is 0. The van der Waals surface area contributed by atoms with Gasteiger partial charge in [-0.2, -0.15) is 0 Å². The van der Waals surface area contributed by atoms with Gasteiger partial charge in [-0.05, 0) is 25.7 Å². The Morgan fingerprint density at radius 3 is 1.50 bits per heavy atom. The van der Waals surface area contributed by atoms with Crippen LogP contribution in [0.2, 0.25) is 0 Å². The first-order chi connectivity index (χ1) is 10.4. The number of carbonyl (C=O) groups is 2. The third kappa shape index (κ3) is 17.4. The molecular weight excluding hydrogens is 333 g/mol. The van der Waals surface area contributed by atoms with Gasteiger partial charge in [0.15, 0.2) is 0 Å². The van der Waals surface area contributed by atoms with Gasteiger partial charge in [0.25, 0.3) is 0 Å². The molecule has 0 fully saturated rings. The molecule has 0 aliphatic heterocycles. The second-order valence-electron chi connectivity index (χ2n) is 5.08. The third-order valence-corrected chi connectivity index (χ3v) is 5.14. The number of unbranched alkanes of at least 4 members (excludes halogenated alkanes) is 4. The minimum absolute atomic E-state index is 0. The summed E-state index contributed by atoms with van der Waals surface area (Å²) >= 11 is 0.